The predicted molar refractivity (Wildman–Crippen MR) is 67.6 cm³/mol. The molecule has 88 valence electrons. The minimum absolute atomic E-state index is 0.207. The molecule has 1 heterocycles. The molecule has 0 fully saturated rings. The summed E-state index contributed by atoms with van der Waals surface area (Å²) in [5, 5.41) is 16.2. The molecular formula is C11H10BrN3O2. The van der Waals surface area contributed by atoms with E-state index in [0.29, 0.717) is 11.5 Å². The first-order chi connectivity index (χ1) is 8.06. The van der Waals surface area contributed by atoms with Crippen molar-refractivity contribution >= 4 is 33.4 Å². The minimum Gasteiger partial charge on any atom is -0.478 e. The molecule has 1 aromatic heterocycles. The van der Waals surface area contributed by atoms with Crippen LogP contribution in [0.1, 0.15) is 10.4 Å². The monoisotopic (exact) mass is 295 g/mol. The van der Waals surface area contributed by atoms with Crippen LogP contribution in [0.2, 0.25) is 0 Å². The van der Waals surface area contributed by atoms with Gasteiger partial charge >= 0.3 is 5.97 Å². The number of aryl methyl sites for hydroxylation is 1. The molecule has 0 unspecified atom stereocenters. The normalized spacial score (nSPS) is 10.2. The lowest BCUT2D eigenvalue weighted by molar-refractivity contribution is 0.0698. The number of halogens is 1. The van der Waals surface area contributed by atoms with E-state index in [4.69, 9.17) is 5.11 Å². The zero-order valence-electron chi connectivity index (χ0n) is 9.01. The molecule has 0 saturated heterocycles. The summed E-state index contributed by atoms with van der Waals surface area (Å²) >= 11 is 3.31. The number of nitrogens with zero attached hydrogens (tertiary/aromatic N) is 2. The second kappa shape index (κ2) is 4.58. The van der Waals surface area contributed by atoms with Crippen molar-refractivity contribution in [3.05, 3.63) is 40.5 Å². The van der Waals surface area contributed by atoms with Gasteiger partial charge in [-0.25, -0.2) is 4.79 Å². The number of aromatic carboxylic acids is 1. The van der Waals surface area contributed by atoms with Crippen molar-refractivity contribution in [1.29, 1.82) is 0 Å². The van der Waals surface area contributed by atoms with E-state index in [9.17, 15) is 4.79 Å². The highest BCUT2D eigenvalue weighted by Gasteiger charge is 2.11. The van der Waals surface area contributed by atoms with E-state index in [1.807, 2.05) is 0 Å². The number of anilines is 2. The van der Waals surface area contributed by atoms with Gasteiger partial charge in [0.1, 0.15) is 0 Å². The average Bonchev–Trinajstić information content (AvgIpc) is 2.63. The third kappa shape index (κ3) is 2.65. The number of nitrogens with one attached hydrogen (secondary N) is 1. The molecule has 0 atom stereocenters. The fraction of sp³-hybridized carbons (Fsp3) is 0.0909. The first kappa shape index (κ1) is 11.7. The second-order valence-electron chi connectivity index (χ2n) is 3.49. The molecule has 0 radical (unpaired) electrons. The van der Waals surface area contributed by atoms with Crippen molar-refractivity contribution in [2.45, 2.75) is 0 Å². The fourth-order valence-corrected chi connectivity index (χ4v) is 1.79. The fourth-order valence-electron chi connectivity index (χ4n) is 1.43. The molecule has 0 aliphatic heterocycles. The van der Waals surface area contributed by atoms with E-state index in [1.165, 1.54) is 6.07 Å². The largest absolute Gasteiger partial charge is 0.478 e. The van der Waals surface area contributed by atoms with Crippen molar-refractivity contribution in [2.75, 3.05) is 5.32 Å². The van der Waals surface area contributed by atoms with E-state index < -0.39 is 5.97 Å². The van der Waals surface area contributed by atoms with Crippen LogP contribution in [0.4, 0.5) is 11.5 Å². The molecule has 1 aromatic carbocycles. The summed E-state index contributed by atoms with van der Waals surface area (Å²) in [6.07, 6.45) is 1.78. The minimum atomic E-state index is -0.976. The lowest BCUT2D eigenvalue weighted by Gasteiger charge is -2.07. The van der Waals surface area contributed by atoms with Crippen LogP contribution in [0.3, 0.4) is 0 Å². The maximum absolute atomic E-state index is 11.0. The van der Waals surface area contributed by atoms with Gasteiger partial charge in [-0.05, 0) is 18.2 Å². The van der Waals surface area contributed by atoms with Gasteiger partial charge in [0.25, 0.3) is 0 Å². The number of hydrogen-bond donors (Lipinski definition) is 2. The van der Waals surface area contributed by atoms with Crippen molar-refractivity contribution in [2.24, 2.45) is 7.05 Å². The van der Waals surface area contributed by atoms with E-state index >= 15 is 0 Å². The third-order valence-corrected chi connectivity index (χ3v) is 2.68. The number of carboxylic acids is 1. The first-order valence-corrected chi connectivity index (χ1v) is 5.65. The van der Waals surface area contributed by atoms with E-state index in [2.05, 4.69) is 26.3 Å². The summed E-state index contributed by atoms with van der Waals surface area (Å²) in [5.41, 5.74) is 0.712. The summed E-state index contributed by atoms with van der Waals surface area (Å²) in [5.74, 6) is -0.371. The summed E-state index contributed by atoms with van der Waals surface area (Å²) in [4.78, 5) is 11.0. The van der Waals surface area contributed by atoms with Gasteiger partial charge in [0, 0.05) is 23.8 Å². The third-order valence-electron chi connectivity index (χ3n) is 2.19. The smallest absolute Gasteiger partial charge is 0.337 e. The highest BCUT2D eigenvalue weighted by atomic mass is 79.9. The Kier molecular flexibility index (Phi) is 3.14. The number of benzene rings is 1. The van der Waals surface area contributed by atoms with E-state index in [-0.39, 0.29) is 5.56 Å². The Hall–Kier alpha value is -1.82. The SMILES string of the molecule is Cn1ccc(Nc2cc(Br)ccc2C(=O)O)n1. The number of carbonyl (C=O) groups is 1. The lowest BCUT2D eigenvalue weighted by atomic mass is 10.2. The summed E-state index contributed by atoms with van der Waals surface area (Å²) < 4.78 is 2.45. The summed E-state index contributed by atoms with van der Waals surface area (Å²) in [6, 6.07) is 6.70. The molecule has 0 aliphatic carbocycles. The number of carboxylic acid groups (broad SMARTS) is 1. The van der Waals surface area contributed by atoms with Gasteiger partial charge in [-0.15, -0.1) is 0 Å². The van der Waals surface area contributed by atoms with Crippen LogP contribution in [0.25, 0.3) is 0 Å². The zero-order chi connectivity index (χ0) is 12.4. The van der Waals surface area contributed by atoms with Crippen LogP contribution < -0.4 is 5.32 Å². The lowest BCUT2D eigenvalue weighted by Crippen LogP contribution is -2.03. The van der Waals surface area contributed by atoms with Crippen molar-refractivity contribution in [3.63, 3.8) is 0 Å². The van der Waals surface area contributed by atoms with Gasteiger partial charge in [-0.1, -0.05) is 15.9 Å². The Labute approximate surface area is 106 Å². The number of rotatable bonds is 3. The Morgan fingerprint density at radius 2 is 2.24 bits per heavy atom. The molecule has 0 spiro atoms. The van der Waals surface area contributed by atoms with Crippen LogP contribution in [0.15, 0.2) is 34.9 Å². The number of hydrogen-bond acceptors (Lipinski definition) is 3. The summed E-state index contributed by atoms with van der Waals surface area (Å²) in [6.45, 7) is 0. The van der Waals surface area contributed by atoms with Crippen molar-refractivity contribution in [1.82, 2.24) is 9.78 Å². The highest BCUT2D eigenvalue weighted by Crippen LogP contribution is 2.24. The topological polar surface area (TPSA) is 67.2 Å². The second-order valence-corrected chi connectivity index (χ2v) is 4.41. The Morgan fingerprint density at radius 3 is 2.82 bits per heavy atom. The summed E-state index contributed by atoms with van der Waals surface area (Å²) in [7, 11) is 1.80. The van der Waals surface area contributed by atoms with Gasteiger partial charge in [0.05, 0.1) is 11.3 Å². The molecule has 0 bridgehead atoms. The molecule has 0 saturated carbocycles. The molecule has 17 heavy (non-hydrogen) atoms. The van der Waals surface area contributed by atoms with Crippen molar-refractivity contribution < 1.29 is 9.90 Å². The Balaban J connectivity index is 2.37. The molecule has 2 rings (SSSR count). The Bertz CT molecular complexity index is 566. The predicted octanol–water partition coefficient (Wildman–Crippen LogP) is 2.62. The maximum Gasteiger partial charge on any atom is 0.337 e. The molecule has 5 nitrogen and oxygen atoms in total. The molecule has 2 N–H and O–H groups in total. The van der Waals surface area contributed by atoms with Gasteiger partial charge < -0.3 is 10.4 Å². The van der Waals surface area contributed by atoms with E-state index in [1.54, 1.807) is 36.1 Å². The van der Waals surface area contributed by atoms with Crippen LogP contribution in [-0.4, -0.2) is 20.9 Å². The zero-order valence-corrected chi connectivity index (χ0v) is 10.6. The molecule has 0 aliphatic rings. The van der Waals surface area contributed by atoms with Crippen LogP contribution in [0.5, 0.6) is 0 Å². The van der Waals surface area contributed by atoms with Crippen molar-refractivity contribution in [3.8, 4) is 0 Å². The number of aromatic nitrogens is 2. The quantitative estimate of drug-likeness (QED) is 0.913. The van der Waals surface area contributed by atoms with Crippen LogP contribution in [0, 0.1) is 0 Å². The molecular weight excluding hydrogens is 286 g/mol. The first-order valence-electron chi connectivity index (χ1n) is 4.86. The molecule has 2 aromatic rings. The van der Waals surface area contributed by atoms with Gasteiger partial charge in [0.15, 0.2) is 5.82 Å². The molecule has 6 heteroatoms. The van der Waals surface area contributed by atoms with Gasteiger partial charge in [0.2, 0.25) is 0 Å². The highest BCUT2D eigenvalue weighted by molar-refractivity contribution is 9.10. The Morgan fingerprint density at radius 1 is 1.47 bits per heavy atom. The van der Waals surface area contributed by atoms with E-state index in [0.717, 1.165) is 4.47 Å². The standard InChI is InChI=1S/C11H10BrN3O2/c1-15-5-4-10(14-15)13-9-6-7(12)2-3-8(9)11(16)17/h2-6H,1H3,(H,13,14)(H,16,17). The maximum atomic E-state index is 11.0. The van der Waals surface area contributed by atoms with Crippen LogP contribution in [-0.2, 0) is 7.05 Å². The van der Waals surface area contributed by atoms with Gasteiger partial charge in [-0.2, -0.15) is 5.10 Å². The van der Waals surface area contributed by atoms with Crippen LogP contribution >= 0.6 is 15.9 Å². The average molecular weight is 296 g/mol. The molecule has 0 amide bonds. The van der Waals surface area contributed by atoms with Gasteiger partial charge in [-0.3, -0.25) is 4.68 Å².